The van der Waals surface area contributed by atoms with E-state index in [9.17, 15) is 10.1 Å². The van der Waals surface area contributed by atoms with Crippen LogP contribution in [0.5, 0.6) is 0 Å². The Balaban J connectivity index is 2.54. The predicted molar refractivity (Wildman–Crippen MR) is 59.1 cm³/mol. The number of hydrogen-bond acceptors (Lipinski definition) is 2. The fourth-order valence-electron chi connectivity index (χ4n) is 2.54. The molecule has 0 fully saturated rings. The average molecular weight is 205 g/mol. The molecule has 0 saturated carbocycles. The Morgan fingerprint density at radius 2 is 2.33 bits per heavy atom. The second-order valence-corrected chi connectivity index (χ2v) is 4.10. The highest BCUT2D eigenvalue weighted by molar-refractivity contribution is 5.49. The van der Waals surface area contributed by atoms with Crippen LogP contribution in [0.3, 0.4) is 0 Å². The normalized spacial score (nSPS) is 19.7. The van der Waals surface area contributed by atoms with Gasteiger partial charge in [-0.05, 0) is 37.2 Å². The molecular formula is C12H15NO2. The molecule has 0 amide bonds. The summed E-state index contributed by atoms with van der Waals surface area (Å²) in [4.78, 5) is 10.7. The van der Waals surface area contributed by atoms with Crippen LogP contribution in [0, 0.1) is 10.1 Å². The number of fused-ring (bicyclic) bond motifs is 1. The third kappa shape index (κ3) is 1.74. The average Bonchev–Trinajstić information content (AvgIpc) is 2.27. The Morgan fingerprint density at radius 3 is 3.00 bits per heavy atom. The number of nitro benzene ring substituents is 1. The van der Waals surface area contributed by atoms with E-state index < -0.39 is 0 Å². The number of hydrogen-bond donors (Lipinski definition) is 0. The summed E-state index contributed by atoms with van der Waals surface area (Å²) < 4.78 is 0. The van der Waals surface area contributed by atoms with Crippen LogP contribution in [-0.2, 0) is 6.42 Å². The van der Waals surface area contributed by atoms with Crippen molar-refractivity contribution in [3.8, 4) is 0 Å². The van der Waals surface area contributed by atoms with Crippen molar-refractivity contribution in [2.75, 3.05) is 0 Å². The van der Waals surface area contributed by atoms with Crippen molar-refractivity contribution in [1.82, 2.24) is 0 Å². The van der Waals surface area contributed by atoms with Crippen molar-refractivity contribution >= 4 is 5.69 Å². The minimum atomic E-state index is -0.243. The van der Waals surface area contributed by atoms with Gasteiger partial charge in [0.15, 0.2) is 0 Å². The molecule has 3 nitrogen and oxygen atoms in total. The minimum absolute atomic E-state index is 0.243. The molecule has 2 rings (SSSR count). The molecule has 3 heteroatoms. The van der Waals surface area contributed by atoms with Crippen LogP contribution in [0.25, 0.3) is 0 Å². The van der Waals surface area contributed by atoms with Crippen LogP contribution in [0.4, 0.5) is 5.69 Å². The van der Waals surface area contributed by atoms with Crippen LogP contribution < -0.4 is 0 Å². The first kappa shape index (κ1) is 10.1. The minimum Gasteiger partial charge on any atom is -0.258 e. The Kier molecular flexibility index (Phi) is 2.71. The van der Waals surface area contributed by atoms with Crippen molar-refractivity contribution < 1.29 is 4.92 Å². The van der Waals surface area contributed by atoms with Gasteiger partial charge in [0.1, 0.15) is 0 Å². The van der Waals surface area contributed by atoms with Crippen LogP contribution in [0.1, 0.15) is 43.2 Å². The van der Waals surface area contributed by atoms with Gasteiger partial charge in [-0.15, -0.1) is 0 Å². The van der Waals surface area contributed by atoms with Gasteiger partial charge < -0.3 is 0 Å². The van der Waals surface area contributed by atoms with Gasteiger partial charge in [0.05, 0.1) is 4.92 Å². The molecule has 0 bridgehead atoms. The Morgan fingerprint density at radius 1 is 1.53 bits per heavy atom. The predicted octanol–water partition coefficient (Wildman–Crippen LogP) is 3.42. The lowest BCUT2D eigenvalue weighted by Gasteiger charge is -2.23. The zero-order valence-electron chi connectivity index (χ0n) is 8.90. The number of aryl methyl sites for hydroxylation is 1. The van der Waals surface area contributed by atoms with Crippen LogP contribution >= 0.6 is 0 Å². The monoisotopic (exact) mass is 205 g/mol. The van der Waals surface area contributed by atoms with Gasteiger partial charge in [0.25, 0.3) is 5.69 Å². The first-order valence-electron chi connectivity index (χ1n) is 5.50. The lowest BCUT2D eigenvalue weighted by Crippen LogP contribution is -2.11. The van der Waals surface area contributed by atoms with Gasteiger partial charge in [-0.2, -0.15) is 0 Å². The molecule has 80 valence electrons. The summed E-state index contributed by atoms with van der Waals surface area (Å²) in [5, 5.41) is 10.9. The molecule has 1 aromatic rings. The van der Waals surface area contributed by atoms with Crippen molar-refractivity contribution in [3.05, 3.63) is 39.4 Å². The maximum atomic E-state index is 10.9. The summed E-state index contributed by atoms with van der Waals surface area (Å²) >= 11 is 0. The molecular weight excluding hydrogens is 190 g/mol. The zero-order valence-corrected chi connectivity index (χ0v) is 8.90. The number of benzene rings is 1. The van der Waals surface area contributed by atoms with E-state index >= 15 is 0 Å². The van der Waals surface area contributed by atoms with E-state index in [-0.39, 0.29) is 4.92 Å². The molecule has 1 aliphatic carbocycles. The SMILES string of the molecule is CCC1CCCc2cccc([N+](=O)[O-])c21. The third-order valence-corrected chi connectivity index (χ3v) is 3.27. The summed E-state index contributed by atoms with van der Waals surface area (Å²) in [5.74, 6) is 0.385. The van der Waals surface area contributed by atoms with Crippen LogP contribution in [0.15, 0.2) is 18.2 Å². The van der Waals surface area contributed by atoms with Gasteiger partial charge in [-0.25, -0.2) is 0 Å². The first-order valence-corrected chi connectivity index (χ1v) is 5.50. The fourth-order valence-corrected chi connectivity index (χ4v) is 2.54. The van der Waals surface area contributed by atoms with Crippen molar-refractivity contribution in [2.45, 2.75) is 38.5 Å². The van der Waals surface area contributed by atoms with Gasteiger partial charge in [-0.1, -0.05) is 19.1 Å². The standard InChI is InChI=1S/C12H15NO2/c1-2-9-5-3-6-10-7-4-8-11(12(9)10)13(14)15/h4,7-9H,2-3,5-6H2,1H3. The van der Waals surface area contributed by atoms with Crippen LogP contribution in [0.2, 0.25) is 0 Å². The maximum absolute atomic E-state index is 10.9. The molecule has 1 unspecified atom stereocenters. The van der Waals surface area contributed by atoms with E-state index in [4.69, 9.17) is 0 Å². The fraction of sp³-hybridized carbons (Fsp3) is 0.500. The summed E-state index contributed by atoms with van der Waals surface area (Å²) in [7, 11) is 0. The third-order valence-electron chi connectivity index (χ3n) is 3.27. The van der Waals surface area contributed by atoms with E-state index in [2.05, 4.69) is 6.92 Å². The highest BCUT2D eigenvalue weighted by atomic mass is 16.6. The molecule has 15 heavy (non-hydrogen) atoms. The molecule has 1 aromatic carbocycles. The van der Waals surface area contributed by atoms with E-state index in [1.165, 1.54) is 5.56 Å². The summed E-state index contributed by atoms with van der Waals surface area (Å²) in [5.41, 5.74) is 2.50. The summed E-state index contributed by atoms with van der Waals surface area (Å²) in [6.07, 6.45) is 4.24. The molecule has 0 aromatic heterocycles. The lowest BCUT2D eigenvalue weighted by molar-refractivity contribution is -0.385. The largest absolute Gasteiger partial charge is 0.273 e. The van der Waals surface area contributed by atoms with E-state index in [0.29, 0.717) is 11.6 Å². The molecule has 1 aliphatic rings. The second kappa shape index (κ2) is 4.01. The quantitative estimate of drug-likeness (QED) is 0.548. The molecule has 0 N–H and O–H groups in total. The van der Waals surface area contributed by atoms with Gasteiger partial charge in [-0.3, -0.25) is 10.1 Å². The van der Waals surface area contributed by atoms with Gasteiger partial charge >= 0.3 is 0 Å². The summed E-state index contributed by atoms with van der Waals surface area (Å²) in [6, 6.07) is 5.46. The first-order chi connectivity index (χ1) is 7.24. The van der Waals surface area contributed by atoms with Crippen LogP contribution in [-0.4, -0.2) is 4.92 Å². The Hall–Kier alpha value is -1.38. The number of nitro groups is 1. The molecule has 0 saturated heterocycles. The van der Waals surface area contributed by atoms with Gasteiger partial charge in [0.2, 0.25) is 0 Å². The summed E-state index contributed by atoms with van der Waals surface area (Å²) in [6.45, 7) is 2.11. The van der Waals surface area contributed by atoms with Crippen molar-refractivity contribution in [2.24, 2.45) is 0 Å². The zero-order chi connectivity index (χ0) is 10.8. The highest BCUT2D eigenvalue weighted by Gasteiger charge is 2.26. The second-order valence-electron chi connectivity index (χ2n) is 4.10. The smallest absolute Gasteiger partial charge is 0.258 e. The molecule has 0 radical (unpaired) electrons. The Labute approximate surface area is 89.3 Å². The lowest BCUT2D eigenvalue weighted by atomic mass is 9.80. The van der Waals surface area contributed by atoms with E-state index in [1.807, 2.05) is 6.07 Å². The van der Waals surface area contributed by atoms with Gasteiger partial charge in [0, 0.05) is 11.6 Å². The van der Waals surface area contributed by atoms with E-state index in [0.717, 1.165) is 31.2 Å². The molecule has 0 aliphatic heterocycles. The molecule has 0 spiro atoms. The number of rotatable bonds is 2. The Bertz CT molecular complexity index is 387. The number of nitrogens with zero attached hydrogens (tertiary/aromatic N) is 1. The van der Waals surface area contributed by atoms with Crippen molar-refractivity contribution in [3.63, 3.8) is 0 Å². The highest BCUT2D eigenvalue weighted by Crippen LogP contribution is 2.39. The molecule has 1 atom stereocenters. The topological polar surface area (TPSA) is 43.1 Å². The maximum Gasteiger partial charge on any atom is 0.273 e. The molecule has 0 heterocycles. The van der Waals surface area contributed by atoms with E-state index in [1.54, 1.807) is 12.1 Å². The van der Waals surface area contributed by atoms with Crippen molar-refractivity contribution in [1.29, 1.82) is 0 Å².